The highest BCUT2D eigenvalue weighted by Crippen LogP contribution is 2.17. The molecule has 0 atom stereocenters. The maximum absolute atomic E-state index is 5.58. The first-order chi connectivity index (χ1) is 5.27. The van der Waals surface area contributed by atoms with Crippen LogP contribution in [0.5, 0.6) is 0 Å². The second kappa shape index (κ2) is 3.90. The Morgan fingerprint density at radius 3 is 3.00 bits per heavy atom. The van der Waals surface area contributed by atoms with Crippen LogP contribution in [0.4, 0.5) is 0 Å². The van der Waals surface area contributed by atoms with Crippen molar-refractivity contribution in [3.05, 3.63) is 17.0 Å². The van der Waals surface area contributed by atoms with Crippen LogP contribution in [0.15, 0.2) is 11.2 Å². The van der Waals surface area contributed by atoms with E-state index >= 15 is 0 Å². The van der Waals surface area contributed by atoms with Gasteiger partial charge < -0.3 is 5.73 Å². The van der Waals surface area contributed by atoms with Crippen LogP contribution in [0.3, 0.4) is 0 Å². The molecule has 0 radical (unpaired) electrons. The number of rotatable bonds is 2. The van der Waals surface area contributed by atoms with Gasteiger partial charge in [-0.15, -0.1) is 11.8 Å². The lowest BCUT2D eigenvalue weighted by atomic mass is 10.3. The summed E-state index contributed by atoms with van der Waals surface area (Å²) in [5.74, 6) is 0. The molecule has 2 N–H and O–H groups in total. The number of hydrogen-bond acceptors (Lipinski definition) is 4. The summed E-state index contributed by atoms with van der Waals surface area (Å²) in [6.07, 6.45) is 3.58. The van der Waals surface area contributed by atoms with Crippen LogP contribution in [0.1, 0.15) is 5.56 Å². The van der Waals surface area contributed by atoms with Gasteiger partial charge in [0, 0.05) is 18.3 Å². The maximum Gasteiger partial charge on any atom is 0.223 e. The summed E-state index contributed by atoms with van der Waals surface area (Å²) in [6, 6.07) is 0. The molecule has 0 aromatic carbocycles. The van der Waals surface area contributed by atoms with Crippen molar-refractivity contribution in [3.8, 4) is 0 Å². The minimum Gasteiger partial charge on any atom is -0.326 e. The van der Waals surface area contributed by atoms with Crippen molar-refractivity contribution in [2.24, 2.45) is 5.73 Å². The normalized spacial score (nSPS) is 10.1. The van der Waals surface area contributed by atoms with E-state index in [1.165, 1.54) is 11.8 Å². The zero-order chi connectivity index (χ0) is 8.27. The van der Waals surface area contributed by atoms with Gasteiger partial charge in [-0.3, -0.25) is 0 Å². The molecule has 0 saturated carbocycles. The van der Waals surface area contributed by atoms with Gasteiger partial charge >= 0.3 is 0 Å². The van der Waals surface area contributed by atoms with E-state index in [0.717, 1.165) is 10.6 Å². The fraction of sp³-hybridized carbons (Fsp3) is 0.333. The minimum atomic E-state index is 0.270. The molecule has 0 spiro atoms. The zero-order valence-corrected chi connectivity index (χ0v) is 7.61. The topological polar surface area (TPSA) is 51.8 Å². The van der Waals surface area contributed by atoms with Crippen molar-refractivity contribution in [2.45, 2.75) is 11.6 Å². The molecule has 0 amide bonds. The van der Waals surface area contributed by atoms with Gasteiger partial charge in [-0.25, -0.2) is 9.97 Å². The number of aromatic nitrogens is 2. The van der Waals surface area contributed by atoms with Gasteiger partial charge in [-0.2, -0.15) is 0 Å². The van der Waals surface area contributed by atoms with Crippen LogP contribution in [0.25, 0.3) is 0 Å². The molecule has 1 heterocycles. The van der Waals surface area contributed by atoms with E-state index in [9.17, 15) is 0 Å². The number of hydrogen-bond donors (Lipinski definition) is 1. The number of nitrogens with two attached hydrogens (primary N) is 1. The molecule has 0 fully saturated rings. The fourth-order valence-electron chi connectivity index (χ4n) is 0.688. The van der Waals surface area contributed by atoms with E-state index in [0.29, 0.717) is 6.54 Å². The molecule has 0 saturated heterocycles. The first kappa shape index (κ1) is 8.77. The van der Waals surface area contributed by atoms with Gasteiger partial charge in [0.1, 0.15) is 5.03 Å². The van der Waals surface area contributed by atoms with Crippen LogP contribution in [-0.4, -0.2) is 16.2 Å². The monoisotopic (exact) mass is 189 g/mol. The molecule has 0 aliphatic heterocycles. The highest BCUT2D eigenvalue weighted by atomic mass is 35.5. The quantitative estimate of drug-likeness (QED) is 0.433. The molecule has 1 aromatic heterocycles. The SMILES string of the molecule is CSc1nc(Cl)ncc1CN. The maximum atomic E-state index is 5.58. The van der Waals surface area contributed by atoms with Crippen LogP contribution in [0.2, 0.25) is 5.28 Å². The molecule has 60 valence electrons. The van der Waals surface area contributed by atoms with E-state index in [-0.39, 0.29) is 5.28 Å². The second-order valence-electron chi connectivity index (χ2n) is 1.88. The van der Waals surface area contributed by atoms with E-state index in [1.807, 2.05) is 6.26 Å². The Labute approximate surface area is 74.4 Å². The summed E-state index contributed by atoms with van der Waals surface area (Å²) in [5, 5.41) is 1.12. The smallest absolute Gasteiger partial charge is 0.223 e. The van der Waals surface area contributed by atoms with E-state index < -0.39 is 0 Å². The van der Waals surface area contributed by atoms with Crippen molar-refractivity contribution >= 4 is 23.4 Å². The highest BCUT2D eigenvalue weighted by Gasteiger charge is 2.02. The minimum absolute atomic E-state index is 0.270. The fourth-order valence-corrected chi connectivity index (χ4v) is 1.45. The van der Waals surface area contributed by atoms with E-state index in [1.54, 1.807) is 6.20 Å². The summed E-state index contributed by atoms with van der Waals surface area (Å²) >= 11 is 7.09. The lowest BCUT2D eigenvalue weighted by Crippen LogP contribution is -2.01. The van der Waals surface area contributed by atoms with Gasteiger partial charge in [0.2, 0.25) is 5.28 Å². The Balaban J connectivity index is 3.06. The summed E-state index contributed by atoms with van der Waals surface area (Å²) < 4.78 is 0. The summed E-state index contributed by atoms with van der Waals surface area (Å²) in [4.78, 5) is 7.82. The molecule has 11 heavy (non-hydrogen) atoms. The molecule has 0 bridgehead atoms. The van der Waals surface area contributed by atoms with Gasteiger partial charge in [0.05, 0.1) is 0 Å². The van der Waals surface area contributed by atoms with Gasteiger partial charge in [0.15, 0.2) is 0 Å². The molecule has 5 heteroatoms. The van der Waals surface area contributed by atoms with Crippen molar-refractivity contribution in [2.75, 3.05) is 6.26 Å². The molecule has 3 nitrogen and oxygen atoms in total. The molecule has 1 aromatic rings. The van der Waals surface area contributed by atoms with Gasteiger partial charge in [0.25, 0.3) is 0 Å². The molecule has 0 unspecified atom stereocenters. The largest absolute Gasteiger partial charge is 0.326 e. The Bertz CT molecular complexity index is 254. The van der Waals surface area contributed by atoms with Crippen LogP contribution in [0, 0.1) is 0 Å². The number of nitrogens with zero attached hydrogens (tertiary/aromatic N) is 2. The third kappa shape index (κ3) is 2.05. The van der Waals surface area contributed by atoms with Crippen molar-refractivity contribution in [1.82, 2.24) is 9.97 Å². The van der Waals surface area contributed by atoms with Gasteiger partial charge in [-0.1, -0.05) is 0 Å². The van der Waals surface area contributed by atoms with E-state index in [2.05, 4.69) is 9.97 Å². The average Bonchev–Trinajstić information content (AvgIpc) is 2.04. The summed E-state index contributed by atoms with van der Waals surface area (Å²) in [7, 11) is 0. The Hall–Kier alpha value is -0.320. The molecule has 0 aliphatic rings. The zero-order valence-electron chi connectivity index (χ0n) is 6.04. The van der Waals surface area contributed by atoms with Crippen molar-refractivity contribution < 1.29 is 0 Å². The van der Waals surface area contributed by atoms with Crippen LogP contribution >= 0.6 is 23.4 Å². The molecular formula is C6H8ClN3S. The first-order valence-electron chi connectivity index (χ1n) is 3.03. The van der Waals surface area contributed by atoms with Crippen LogP contribution in [-0.2, 0) is 6.54 Å². The van der Waals surface area contributed by atoms with Crippen molar-refractivity contribution in [1.29, 1.82) is 0 Å². The molecule has 1 rings (SSSR count). The Kier molecular flexibility index (Phi) is 3.11. The lowest BCUT2D eigenvalue weighted by Gasteiger charge is -2.01. The lowest BCUT2D eigenvalue weighted by molar-refractivity contribution is 0.924. The second-order valence-corrected chi connectivity index (χ2v) is 3.01. The Morgan fingerprint density at radius 2 is 2.45 bits per heavy atom. The average molecular weight is 190 g/mol. The molecular weight excluding hydrogens is 182 g/mol. The molecule has 0 aliphatic carbocycles. The first-order valence-corrected chi connectivity index (χ1v) is 4.63. The third-order valence-electron chi connectivity index (χ3n) is 1.21. The van der Waals surface area contributed by atoms with Gasteiger partial charge in [-0.05, 0) is 17.9 Å². The Morgan fingerprint density at radius 1 is 1.73 bits per heavy atom. The van der Waals surface area contributed by atoms with Crippen molar-refractivity contribution in [3.63, 3.8) is 0 Å². The van der Waals surface area contributed by atoms with E-state index in [4.69, 9.17) is 17.3 Å². The summed E-state index contributed by atoms with van der Waals surface area (Å²) in [6.45, 7) is 0.452. The summed E-state index contributed by atoms with van der Waals surface area (Å²) in [5.41, 5.74) is 6.37. The third-order valence-corrected chi connectivity index (χ3v) is 2.13. The predicted octanol–water partition coefficient (Wildman–Crippen LogP) is 1.31. The van der Waals surface area contributed by atoms with Crippen LogP contribution < -0.4 is 5.73 Å². The predicted molar refractivity (Wildman–Crippen MR) is 46.7 cm³/mol. The number of halogens is 1. The highest BCUT2D eigenvalue weighted by molar-refractivity contribution is 7.98. The number of thioether (sulfide) groups is 1. The standard InChI is InChI=1S/C6H8ClN3S/c1-11-5-4(2-8)3-9-6(7)10-5/h3H,2,8H2,1H3.